The molecule has 2 N–H and O–H groups in total. The highest BCUT2D eigenvalue weighted by atomic mass is 79.9. The summed E-state index contributed by atoms with van der Waals surface area (Å²) < 4.78 is 6.33. The molecule has 5 heteroatoms. The number of pyridine rings is 1. The van der Waals surface area contributed by atoms with Gasteiger partial charge in [-0.05, 0) is 28.9 Å². The fourth-order valence-electron chi connectivity index (χ4n) is 1.70. The molecule has 0 aromatic carbocycles. The van der Waals surface area contributed by atoms with Crippen LogP contribution in [0.2, 0.25) is 0 Å². The van der Waals surface area contributed by atoms with E-state index in [-0.39, 0.29) is 0 Å². The van der Waals surface area contributed by atoms with Crippen LogP contribution in [0.1, 0.15) is 6.92 Å². The zero-order valence-electron chi connectivity index (χ0n) is 8.61. The van der Waals surface area contributed by atoms with Crippen LogP contribution in [0.4, 0.5) is 11.5 Å². The molecular weight excluding hydrogens is 258 g/mol. The average molecular weight is 272 g/mol. The van der Waals surface area contributed by atoms with Crippen LogP contribution in [-0.4, -0.2) is 30.8 Å². The van der Waals surface area contributed by atoms with Crippen molar-refractivity contribution in [2.75, 3.05) is 30.4 Å². The lowest BCUT2D eigenvalue weighted by atomic mass is 10.2. The second kappa shape index (κ2) is 4.37. The van der Waals surface area contributed by atoms with Crippen LogP contribution in [0, 0.1) is 0 Å². The van der Waals surface area contributed by atoms with E-state index in [4.69, 9.17) is 10.5 Å². The minimum atomic E-state index is 0.353. The van der Waals surface area contributed by atoms with E-state index in [0.717, 1.165) is 30.0 Å². The van der Waals surface area contributed by atoms with E-state index in [9.17, 15) is 0 Å². The Kier molecular flexibility index (Phi) is 3.11. The van der Waals surface area contributed by atoms with Gasteiger partial charge in [-0.2, -0.15) is 0 Å². The summed E-state index contributed by atoms with van der Waals surface area (Å²) in [6.45, 7) is 4.50. The Labute approximate surface area is 97.6 Å². The topological polar surface area (TPSA) is 51.4 Å². The largest absolute Gasteiger partial charge is 0.397 e. The van der Waals surface area contributed by atoms with Gasteiger partial charge in [0.15, 0.2) is 0 Å². The Balaban J connectivity index is 2.27. The Morgan fingerprint density at radius 3 is 3.13 bits per heavy atom. The smallest absolute Gasteiger partial charge is 0.143 e. The standard InChI is InChI=1S/C10H14BrN3O/c1-7-6-15-3-2-14(7)10-9(11)4-8(12)5-13-10/h4-5,7H,2-3,6,12H2,1H3. The molecule has 0 spiro atoms. The summed E-state index contributed by atoms with van der Waals surface area (Å²) in [6.07, 6.45) is 1.68. The maximum atomic E-state index is 5.66. The molecule has 0 bridgehead atoms. The molecule has 0 saturated carbocycles. The van der Waals surface area contributed by atoms with Gasteiger partial charge in [-0.25, -0.2) is 4.98 Å². The van der Waals surface area contributed by atoms with Crippen molar-refractivity contribution in [2.45, 2.75) is 13.0 Å². The fourth-order valence-corrected chi connectivity index (χ4v) is 2.29. The summed E-state index contributed by atoms with van der Waals surface area (Å²) in [5.74, 6) is 0.944. The van der Waals surface area contributed by atoms with Gasteiger partial charge in [0.2, 0.25) is 0 Å². The van der Waals surface area contributed by atoms with E-state index < -0.39 is 0 Å². The van der Waals surface area contributed by atoms with Crippen molar-refractivity contribution < 1.29 is 4.74 Å². The van der Waals surface area contributed by atoms with Crippen LogP contribution in [0.15, 0.2) is 16.7 Å². The molecule has 15 heavy (non-hydrogen) atoms. The predicted molar refractivity (Wildman–Crippen MR) is 64.0 cm³/mol. The molecule has 1 aromatic heterocycles. The number of ether oxygens (including phenoxy) is 1. The molecule has 1 fully saturated rings. The summed E-state index contributed by atoms with van der Waals surface area (Å²) in [5.41, 5.74) is 6.33. The van der Waals surface area contributed by atoms with Gasteiger partial charge in [-0.1, -0.05) is 0 Å². The summed E-state index contributed by atoms with van der Waals surface area (Å²) in [4.78, 5) is 6.58. The van der Waals surface area contributed by atoms with Gasteiger partial charge in [0.1, 0.15) is 5.82 Å². The Morgan fingerprint density at radius 2 is 2.47 bits per heavy atom. The molecule has 2 rings (SSSR count). The van der Waals surface area contributed by atoms with Gasteiger partial charge in [-0.15, -0.1) is 0 Å². The minimum Gasteiger partial charge on any atom is -0.397 e. The van der Waals surface area contributed by atoms with Crippen LogP contribution in [0.5, 0.6) is 0 Å². The Bertz CT molecular complexity index is 359. The van der Waals surface area contributed by atoms with Gasteiger partial charge in [-0.3, -0.25) is 0 Å². The highest BCUT2D eigenvalue weighted by molar-refractivity contribution is 9.10. The van der Waals surface area contributed by atoms with Crippen LogP contribution in [0.3, 0.4) is 0 Å². The number of halogens is 1. The van der Waals surface area contributed by atoms with Gasteiger partial charge in [0.25, 0.3) is 0 Å². The van der Waals surface area contributed by atoms with Crippen molar-refractivity contribution in [2.24, 2.45) is 0 Å². The molecule has 82 valence electrons. The van der Waals surface area contributed by atoms with E-state index in [2.05, 4.69) is 32.7 Å². The summed E-state index contributed by atoms with van der Waals surface area (Å²) >= 11 is 3.49. The number of rotatable bonds is 1. The quantitative estimate of drug-likeness (QED) is 0.844. The molecule has 1 aliphatic rings. The number of nitrogens with two attached hydrogens (primary N) is 1. The summed E-state index contributed by atoms with van der Waals surface area (Å²) in [7, 11) is 0. The number of hydrogen-bond acceptors (Lipinski definition) is 4. The molecule has 1 saturated heterocycles. The summed E-state index contributed by atoms with van der Waals surface area (Å²) in [5, 5.41) is 0. The maximum Gasteiger partial charge on any atom is 0.143 e. The lowest BCUT2D eigenvalue weighted by Crippen LogP contribution is -2.44. The molecule has 0 radical (unpaired) electrons. The number of aromatic nitrogens is 1. The molecule has 1 atom stereocenters. The SMILES string of the molecule is CC1COCCN1c1ncc(N)cc1Br. The third-order valence-electron chi connectivity index (χ3n) is 2.48. The Hall–Kier alpha value is -0.810. The average Bonchev–Trinajstić information content (AvgIpc) is 2.20. The second-order valence-corrected chi connectivity index (χ2v) is 4.55. The number of nitrogens with zero attached hydrogens (tertiary/aromatic N) is 2. The van der Waals surface area contributed by atoms with E-state index >= 15 is 0 Å². The first-order valence-corrected chi connectivity index (χ1v) is 5.73. The predicted octanol–water partition coefficient (Wildman–Crippen LogP) is 1.65. The van der Waals surface area contributed by atoms with Crippen LogP contribution >= 0.6 is 15.9 Å². The highest BCUT2D eigenvalue weighted by Crippen LogP contribution is 2.27. The number of hydrogen-bond donors (Lipinski definition) is 1. The van der Waals surface area contributed by atoms with Crippen molar-refractivity contribution in [1.82, 2.24) is 4.98 Å². The monoisotopic (exact) mass is 271 g/mol. The van der Waals surface area contributed by atoms with E-state index in [1.807, 2.05) is 6.07 Å². The van der Waals surface area contributed by atoms with Crippen LogP contribution < -0.4 is 10.6 Å². The molecule has 2 heterocycles. The fraction of sp³-hybridized carbons (Fsp3) is 0.500. The molecular formula is C10H14BrN3O. The molecule has 4 nitrogen and oxygen atoms in total. The molecule has 0 aliphatic carbocycles. The lowest BCUT2D eigenvalue weighted by Gasteiger charge is -2.34. The lowest BCUT2D eigenvalue weighted by molar-refractivity contribution is 0.0985. The Morgan fingerprint density at radius 1 is 1.67 bits per heavy atom. The normalized spacial score (nSPS) is 21.7. The van der Waals surface area contributed by atoms with Crippen LogP contribution in [-0.2, 0) is 4.74 Å². The summed E-state index contributed by atoms with van der Waals surface area (Å²) in [6, 6.07) is 2.23. The zero-order valence-corrected chi connectivity index (χ0v) is 10.2. The van der Waals surface area contributed by atoms with Crippen molar-refractivity contribution in [3.8, 4) is 0 Å². The van der Waals surface area contributed by atoms with Crippen molar-refractivity contribution >= 4 is 27.4 Å². The molecule has 1 aliphatic heterocycles. The molecule has 1 aromatic rings. The first-order chi connectivity index (χ1) is 7.18. The highest BCUT2D eigenvalue weighted by Gasteiger charge is 2.21. The van der Waals surface area contributed by atoms with Crippen molar-refractivity contribution in [1.29, 1.82) is 0 Å². The van der Waals surface area contributed by atoms with Crippen molar-refractivity contribution in [3.05, 3.63) is 16.7 Å². The van der Waals surface area contributed by atoms with E-state index in [0.29, 0.717) is 11.7 Å². The first-order valence-electron chi connectivity index (χ1n) is 4.94. The molecule has 1 unspecified atom stereocenters. The first kappa shape index (κ1) is 10.7. The van der Waals surface area contributed by atoms with E-state index in [1.165, 1.54) is 0 Å². The second-order valence-electron chi connectivity index (χ2n) is 3.69. The van der Waals surface area contributed by atoms with Gasteiger partial charge >= 0.3 is 0 Å². The third-order valence-corrected chi connectivity index (χ3v) is 3.07. The van der Waals surface area contributed by atoms with Crippen LogP contribution in [0.25, 0.3) is 0 Å². The third kappa shape index (κ3) is 2.23. The number of morpholine rings is 1. The number of nitrogen functional groups attached to an aromatic ring is 1. The minimum absolute atomic E-state index is 0.353. The van der Waals surface area contributed by atoms with Crippen molar-refractivity contribution in [3.63, 3.8) is 0 Å². The van der Waals surface area contributed by atoms with E-state index in [1.54, 1.807) is 6.20 Å². The maximum absolute atomic E-state index is 5.66. The van der Waals surface area contributed by atoms with Gasteiger partial charge in [0.05, 0.1) is 35.6 Å². The zero-order chi connectivity index (χ0) is 10.8. The number of anilines is 2. The molecule has 0 amide bonds. The van der Waals surface area contributed by atoms with Gasteiger partial charge in [0, 0.05) is 6.54 Å². The van der Waals surface area contributed by atoms with Gasteiger partial charge < -0.3 is 15.4 Å².